The molecule has 0 unspecified atom stereocenters. The molecule has 5 heteroatoms. The van der Waals surface area contributed by atoms with Gasteiger partial charge in [-0.25, -0.2) is 0 Å². The molecule has 0 saturated carbocycles. The van der Waals surface area contributed by atoms with Crippen molar-refractivity contribution in [3.63, 3.8) is 0 Å². The molecule has 1 aromatic carbocycles. The van der Waals surface area contributed by atoms with Crippen molar-refractivity contribution in [1.82, 2.24) is 4.98 Å². The average molecular weight is 257 g/mol. The summed E-state index contributed by atoms with van der Waals surface area (Å²) in [5.74, 6) is 0. The standard InChI is InChI=1S/C13H14F3NO/c1-12(2,18)6-8-7-17-11-5-9(13(14,15)16)3-4-10(8)11/h3-5,7,17-18H,6H2,1-2H3. The predicted molar refractivity (Wildman–Crippen MR) is 63.3 cm³/mol. The molecule has 0 saturated heterocycles. The number of nitrogens with one attached hydrogen (secondary N) is 1. The first kappa shape index (κ1) is 13.0. The number of hydrogen-bond donors (Lipinski definition) is 2. The van der Waals surface area contributed by atoms with Crippen LogP contribution in [0, 0.1) is 0 Å². The molecule has 0 bridgehead atoms. The molecule has 0 aliphatic heterocycles. The third kappa shape index (κ3) is 2.67. The third-order valence-corrected chi connectivity index (χ3v) is 2.72. The number of aliphatic hydroxyl groups is 1. The highest BCUT2D eigenvalue weighted by atomic mass is 19.4. The van der Waals surface area contributed by atoms with Gasteiger partial charge in [0, 0.05) is 23.5 Å². The molecular formula is C13H14F3NO. The fourth-order valence-corrected chi connectivity index (χ4v) is 1.97. The van der Waals surface area contributed by atoms with Gasteiger partial charge in [-0.05, 0) is 31.5 Å². The highest BCUT2D eigenvalue weighted by Gasteiger charge is 2.30. The Morgan fingerprint density at radius 2 is 1.89 bits per heavy atom. The summed E-state index contributed by atoms with van der Waals surface area (Å²) >= 11 is 0. The molecule has 98 valence electrons. The lowest BCUT2D eigenvalue weighted by Gasteiger charge is -2.16. The maximum absolute atomic E-state index is 12.5. The Morgan fingerprint density at radius 1 is 1.22 bits per heavy atom. The van der Waals surface area contributed by atoms with Gasteiger partial charge in [-0.3, -0.25) is 0 Å². The largest absolute Gasteiger partial charge is 0.416 e. The van der Waals surface area contributed by atoms with E-state index in [1.807, 2.05) is 0 Å². The van der Waals surface area contributed by atoms with Gasteiger partial charge in [-0.15, -0.1) is 0 Å². The van der Waals surface area contributed by atoms with Gasteiger partial charge >= 0.3 is 6.18 Å². The van der Waals surface area contributed by atoms with Crippen molar-refractivity contribution in [3.05, 3.63) is 35.5 Å². The fraction of sp³-hybridized carbons (Fsp3) is 0.385. The average Bonchev–Trinajstić information content (AvgIpc) is 2.57. The van der Waals surface area contributed by atoms with Crippen LogP contribution in [0.3, 0.4) is 0 Å². The number of alkyl halides is 3. The van der Waals surface area contributed by atoms with Gasteiger partial charge < -0.3 is 10.1 Å². The molecule has 2 rings (SSSR count). The molecule has 0 amide bonds. The van der Waals surface area contributed by atoms with Crippen molar-refractivity contribution in [3.8, 4) is 0 Å². The Bertz CT molecular complexity index is 564. The van der Waals surface area contributed by atoms with Crippen LogP contribution in [0.5, 0.6) is 0 Å². The van der Waals surface area contributed by atoms with Crippen molar-refractivity contribution < 1.29 is 18.3 Å². The van der Waals surface area contributed by atoms with Crippen molar-refractivity contribution in [2.24, 2.45) is 0 Å². The molecule has 2 aromatic rings. The lowest BCUT2D eigenvalue weighted by molar-refractivity contribution is -0.137. The second-order valence-electron chi connectivity index (χ2n) is 5.06. The zero-order chi connectivity index (χ0) is 13.6. The summed E-state index contributed by atoms with van der Waals surface area (Å²) in [5, 5.41) is 10.5. The SMILES string of the molecule is CC(C)(O)Cc1c[nH]c2cc(C(F)(F)F)ccc12. The number of aromatic nitrogens is 1. The monoisotopic (exact) mass is 257 g/mol. The summed E-state index contributed by atoms with van der Waals surface area (Å²) < 4.78 is 37.6. The number of hydrogen-bond acceptors (Lipinski definition) is 1. The lowest BCUT2D eigenvalue weighted by Crippen LogP contribution is -2.21. The number of fused-ring (bicyclic) bond motifs is 1. The van der Waals surface area contributed by atoms with Crippen molar-refractivity contribution in [2.45, 2.75) is 32.0 Å². The molecule has 0 aliphatic rings. The van der Waals surface area contributed by atoms with E-state index in [4.69, 9.17) is 0 Å². The van der Waals surface area contributed by atoms with Crippen LogP contribution >= 0.6 is 0 Å². The summed E-state index contributed by atoms with van der Waals surface area (Å²) in [4.78, 5) is 2.81. The fourth-order valence-electron chi connectivity index (χ4n) is 1.97. The zero-order valence-electron chi connectivity index (χ0n) is 10.1. The van der Waals surface area contributed by atoms with Crippen LogP contribution in [0.25, 0.3) is 10.9 Å². The number of H-pyrrole nitrogens is 1. The van der Waals surface area contributed by atoms with E-state index in [0.717, 1.165) is 17.7 Å². The molecule has 2 N–H and O–H groups in total. The maximum Gasteiger partial charge on any atom is 0.416 e. The molecule has 0 spiro atoms. The van der Waals surface area contributed by atoms with Crippen LogP contribution in [-0.4, -0.2) is 15.7 Å². The number of aromatic amines is 1. The van der Waals surface area contributed by atoms with Crippen LogP contribution < -0.4 is 0 Å². The molecule has 0 atom stereocenters. The van der Waals surface area contributed by atoms with E-state index in [9.17, 15) is 18.3 Å². The summed E-state index contributed by atoms with van der Waals surface area (Å²) in [7, 11) is 0. The second-order valence-corrected chi connectivity index (χ2v) is 5.06. The minimum Gasteiger partial charge on any atom is -0.390 e. The van der Waals surface area contributed by atoms with Crippen molar-refractivity contribution >= 4 is 10.9 Å². The summed E-state index contributed by atoms with van der Waals surface area (Å²) in [6.07, 6.45) is -2.31. The molecule has 1 aromatic heterocycles. The van der Waals surface area contributed by atoms with E-state index in [0.29, 0.717) is 17.3 Å². The number of rotatable bonds is 2. The van der Waals surface area contributed by atoms with Gasteiger partial charge in [0.1, 0.15) is 0 Å². The first-order chi connectivity index (χ1) is 8.17. The Kier molecular flexibility index (Phi) is 2.89. The Labute approximate surface area is 102 Å². The second kappa shape index (κ2) is 4.02. The normalized spacial score (nSPS) is 13.2. The molecule has 2 nitrogen and oxygen atoms in total. The van der Waals surface area contributed by atoms with Crippen LogP contribution in [0.2, 0.25) is 0 Å². The molecule has 0 radical (unpaired) electrons. The molecule has 0 fully saturated rings. The van der Waals surface area contributed by atoms with Gasteiger partial charge in [0.15, 0.2) is 0 Å². The highest BCUT2D eigenvalue weighted by Crippen LogP contribution is 2.32. The van der Waals surface area contributed by atoms with Gasteiger partial charge in [-0.1, -0.05) is 6.07 Å². The van der Waals surface area contributed by atoms with Gasteiger partial charge in [0.2, 0.25) is 0 Å². The molecular weight excluding hydrogens is 243 g/mol. The smallest absolute Gasteiger partial charge is 0.390 e. The number of benzene rings is 1. The van der Waals surface area contributed by atoms with E-state index in [1.54, 1.807) is 20.0 Å². The maximum atomic E-state index is 12.5. The zero-order valence-corrected chi connectivity index (χ0v) is 10.1. The van der Waals surface area contributed by atoms with Gasteiger partial charge in [0.25, 0.3) is 0 Å². The van der Waals surface area contributed by atoms with Crippen LogP contribution in [0.15, 0.2) is 24.4 Å². The highest BCUT2D eigenvalue weighted by molar-refractivity contribution is 5.84. The Morgan fingerprint density at radius 3 is 2.44 bits per heavy atom. The third-order valence-electron chi connectivity index (χ3n) is 2.72. The minimum atomic E-state index is -4.34. The summed E-state index contributed by atoms with van der Waals surface area (Å²) in [6, 6.07) is 3.59. The van der Waals surface area contributed by atoms with E-state index in [-0.39, 0.29) is 0 Å². The first-order valence-electron chi connectivity index (χ1n) is 5.56. The lowest BCUT2D eigenvalue weighted by atomic mass is 9.98. The molecule has 1 heterocycles. The quantitative estimate of drug-likeness (QED) is 0.848. The Hall–Kier alpha value is -1.49. The van der Waals surface area contributed by atoms with E-state index in [2.05, 4.69) is 4.98 Å². The number of halogens is 3. The van der Waals surface area contributed by atoms with Crippen LogP contribution in [-0.2, 0) is 12.6 Å². The predicted octanol–water partition coefficient (Wildman–Crippen LogP) is 3.50. The van der Waals surface area contributed by atoms with Crippen molar-refractivity contribution in [1.29, 1.82) is 0 Å². The molecule has 0 aliphatic carbocycles. The Balaban J connectivity index is 2.44. The topological polar surface area (TPSA) is 36.0 Å². The van der Waals surface area contributed by atoms with E-state index in [1.165, 1.54) is 6.07 Å². The van der Waals surface area contributed by atoms with Crippen LogP contribution in [0.4, 0.5) is 13.2 Å². The van der Waals surface area contributed by atoms with Crippen molar-refractivity contribution in [2.75, 3.05) is 0 Å². The first-order valence-corrected chi connectivity index (χ1v) is 5.56. The van der Waals surface area contributed by atoms with E-state index >= 15 is 0 Å². The van der Waals surface area contributed by atoms with Crippen LogP contribution in [0.1, 0.15) is 25.0 Å². The molecule has 18 heavy (non-hydrogen) atoms. The van der Waals surface area contributed by atoms with Gasteiger partial charge in [0.05, 0.1) is 11.2 Å². The summed E-state index contributed by atoms with van der Waals surface area (Å²) in [5.41, 5.74) is -0.320. The minimum absolute atomic E-state index is 0.387. The van der Waals surface area contributed by atoms with E-state index < -0.39 is 17.3 Å². The van der Waals surface area contributed by atoms with Gasteiger partial charge in [-0.2, -0.15) is 13.2 Å². The summed E-state index contributed by atoms with van der Waals surface area (Å²) in [6.45, 7) is 3.33.